The summed E-state index contributed by atoms with van der Waals surface area (Å²) in [5, 5.41) is 9.14. The number of carbonyl (C=O) groups excluding carboxylic acids is 1. The zero-order chi connectivity index (χ0) is 8.10. The molecule has 0 unspecified atom stereocenters. The van der Waals surface area contributed by atoms with Gasteiger partial charge in [-0.25, -0.2) is 0 Å². The molecule has 60 valence electrons. The van der Waals surface area contributed by atoms with Gasteiger partial charge in [-0.15, -0.1) is 0 Å². The highest BCUT2D eigenvalue weighted by Gasteiger charge is 1.96. The third kappa shape index (κ3) is 2.07. The maximum Gasteiger partial charge on any atom is 0.212 e. The van der Waals surface area contributed by atoms with Crippen LogP contribution in [0.5, 0.6) is 0 Å². The van der Waals surface area contributed by atoms with Crippen LogP contribution in [-0.2, 0) is 11.2 Å². The number of nitrogens with one attached hydrogen (secondary N) is 2. The molecule has 0 fully saturated rings. The standard InChI is InChI=1S/C7H11N3O/c1-2-3-6-4-7(8-5-11)10-9-6/h4-5H,2-3H2,1H3,(H2,8,9,10,11). The van der Waals surface area contributed by atoms with Crippen molar-refractivity contribution in [2.45, 2.75) is 19.8 Å². The molecule has 0 bridgehead atoms. The van der Waals surface area contributed by atoms with Crippen molar-refractivity contribution in [2.24, 2.45) is 0 Å². The van der Waals surface area contributed by atoms with Gasteiger partial charge in [0.05, 0.1) is 0 Å². The van der Waals surface area contributed by atoms with Crippen LogP contribution in [0.1, 0.15) is 19.0 Å². The smallest absolute Gasteiger partial charge is 0.212 e. The molecule has 0 spiro atoms. The summed E-state index contributed by atoms with van der Waals surface area (Å²) < 4.78 is 0. The van der Waals surface area contributed by atoms with Gasteiger partial charge in [0.1, 0.15) is 0 Å². The predicted octanol–water partition coefficient (Wildman–Crippen LogP) is 0.930. The molecule has 1 heterocycles. The van der Waals surface area contributed by atoms with Crippen molar-refractivity contribution in [1.82, 2.24) is 10.2 Å². The lowest BCUT2D eigenvalue weighted by atomic mass is 10.2. The number of aryl methyl sites for hydroxylation is 1. The molecular weight excluding hydrogens is 142 g/mol. The summed E-state index contributed by atoms with van der Waals surface area (Å²) in [5.74, 6) is 0.587. The normalized spacial score (nSPS) is 9.55. The highest BCUT2D eigenvalue weighted by atomic mass is 16.1. The third-order valence-corrected chi connectivity index (χ3v) is 1.36. The summed E-state index contributed by atoms with van der Waals surface area (Å²) in [6.45, 7) is 2.09. The van der Waals surface area contributed by atoms with Gasteiger partial charge in [0.2, 0.25) is 6.41 Å². The molecule has 0 aliphatic heterocycles. The summed E-state index contributed by atoms with van der Waals surface area (Å²) in [6, 6.07) is 1.83. The fraction of sp³-hybridized carbons (Fsp3) is 0.429. The second-order valence-electron chi connectivity index (χ2n) is 2.29. The Morgan fingerprint density at radius 1 is 1.82 bits per heavy atom. The zero-order valence-electron chi connectivity index (χ0n) is 6.42. The molecule has 1 aromatic heterocycles. The summed E-state index contributed by atoms with van der Waals surface area (Å²) in [7, 11) is 0. The molecule has 4 heteroatoms. The van der Waals surface area contributed by atoms with E-state index >= 15 is 0 Å². The van der Waals surface area contributed by atoms with Gasteiger partial charge in [-0.2, -0.15) is 5.10 Å². The largest absolute Gasteiger partial charge is 0.312 e. The van der Waals surface area contributed by atoms with Gasteiger partial charge in [0.15, 0.2) is 5.82 Å². The fourth-order valence-electron chi connectivity index (χ4n) is 0.893. The molecule has 0 aliphatic carbocycles. The lowest BCUT2D eigenvalue weighted by Crippen LogP contribution is -1.92. The van der Waals surface area contributed by atoms with Gasteiger partial charge in [-0.1, -0.05) is 13.3 Å². The minimum atomic E-state index is 0.587. The second kappa shape index (κ2) is 3.75. The van der Waals surface area contributed by atoms with Crippen molar-refractivity contribution in [3.8, 4) is 0 Å². The highest BCUT2D eigenvalue weighted by molar-refractivity contribution is 5.68. The van der Waals surface area contributed by atoms with Crippen LogP contribution >= 0.6 is 0 Å². The number of nitrogens with zero attached hydrogens (tertiary/aromatic N) is 1. The number of rotatable bonds is 4. The van der Waals surface area contributed by atoms with Crippen molar-refractivity contribution < 1.29 is 4.79 Å². The Balaban J connectivity index is 2.57. The SMILES string of the molecule is CCCc1cc(NC=O)n[nH]1. The van der Waals surface area contributed by atoms with Gasteiger partial charge in [-0.05, 0) is 6.42 Å². The van der Waals surface area contributed by atoms with Crippen LogP contribution in [0.4, 0.5) is 5.82 Å². The number of hydrogen-bond acceptors (Lipinski definition) is 2. The van der Waals surface area contributed by atoms with E-state index in [1.165, 1.54) is 0 Å². The second-order valence-corrected chi connectivity index (χ2v) is 2.29. The van der Waals surface area contributed by atoms with E-state index in [4.69, 9.17) is 0 Å². The molecule has 0 saturated carbocycles. The molecule has 0 saturated heterocycles. The number of anilines is 1. The van der Waals surface area contributed by atoms with Crippen LogP contribution < -0.4 is 5.32 Å². The quantitative estimate of drug-likeness (QED) is 0.632. The predicted molar refractivity (Wildman–Crippen MR) is 42.3 cm³/mol. The Bertz CT molecular complexity index is 231. The molecule has 1 rings (SSSR count). The van der Waals surface area contributed by atoms with Gasteiger partial charge in [-0.3, -0.25) is 9.89 Å². The molecule has 2 N–H and O–H groups in total. The van der Waals surface area contributed by atoms with Gasteiger partial charge in [0.25, 0.3) is 0 Å². The third-order valence-electron chi connectivity index (χ3n) is 1.36. The molecule has 0 aromatic carbocycles. The lowest BCUT2D eigenvalue weighted by Gasteiger charge is -1.87. The average Bonchev–Trinajstić information content (AvgIpc) is 2.38. The average molecular weight is 153 g/mol. The van der Waals surface area contributed by atoms with E-state index < -0.39 is 0 Å². The first-order valence-corrected chi connectivity index (χ1v) is 3.61. The van der Waals surface area contributed by atoms with E-state index in [9.17, 15) is 4.79 Å². The van der Waals surface area contributed by atoms with Crippen molar-refractivity contribution in [3.05, 3.63) is 11.8 Å². The van der Waals surface area contributed by atoms with E-state index in [-0.39, 0.29) is 0 Å². The van der Waals surface area contributed by atoms with Crippen LogP contribution in [0, 0.1) is 0 Å². The highest BCUT2D eigenvalue weighted by Crippen LogP contribution is 2.05. The summed E-state index contributed by atoms with van der Waals surface area (Å²) in [4.78, 5) is 9.98. The van der Waals surface area contributed by atoms with Crippen molar-refractivity contribution in [1.29, 1.82) is 0 Å². The maximum absolute atomic E-state index is 9.98. The van der Waals surface area contributed by atoms with E-state index in [1.807, 2.05) is 6.07 Å². The first-order valence-electron chi connectivity index (χ1n) is 3.61. The monoisotopic (exact) mass is 153 g/mol. The molecule has 0 aliphatic rings. The zero-order valence-corrected chi connectivity index (χ0v) is 6.42. The van der Waals surface area contributed by atoms with E-state index in [2.05, 4.69) is 22.4 Å². The van der Waals surface area contributed by atoms with Crippen molar-refractivity contribution >= 4 is 12.2 Å². The molecule has 1 amide bonds. The number of carbonyl (C=O) groups is 1. The maximum atomic E-state index is 9.98. The number of aromatic nitrogens is 2. The van der Waals surface area contributed by atoms with E-state index in [0.717, 1.165) is 18.5 Å². The van der Waals surface area contributed by atoms with E-state index in [0.29, 0.717) is 12.2 Å². The van der Waals surface area contributed by atoms with Gasteiger partial charge in [0, 0.05) is 11.8 Å². The van der Waals surface area contributed by atoms with Crippen LogP contribution in [0.15, 0.2) is 6.07 Å². The number of hydrogen-bond donors (Lipinski definition) is 2. The Hall–Kier alpha value is -1.32. The molecule has 1 aromatic rings. The minimum Gasteiger partial charge on any atom is -0.312 e. The fourth-order valence-corrected chi connectivity index (χ4v) is 0.893. The topological polar surface area (TPSA) is 57.8 Å². The van der Waals surface area contributed by atoms with Crippen molar-refractivity contribution in [3.63, 3.8) is 0 Å². The number of H-pyrrole nitrogens is 1. The summed E-state index contributed by atoms with van der Waals surface area (Å²) >= 11 is 0. The Morgan fingerprint density at radius 2 is 2.64 bits per heavy atom. The Kier molecular flexibility index (Phi) is 2.66. The van der Waals surface area contributed by atoms with Gasteiger partial charge >= 0.3 is 0 Å². The van der Waals surface area contributed by atoms with Crippen LogP contribution in [0.25, 0.3) is 0 Å². The van der Waals surface area contributed by atoms with Crippen molar-refractivity contribution in [2.75, 3.05) is 5.32 Å². The van der Waals surface area contributed by atoms with E-state index in [1.54, 1.807) is 0 Å². The summed E-state index contributed by atoms with van der Waals surface area (Å²) in [5.41, 5.74) is 1.05. The first kappa shape index (κ1) is 7.78. The van der Waals surface area contributed by atoms with Crippen LogP contribution in [0.2, 0.25) is 0 Å². The first-order chi connectivity index (χ1) is 5.36. The molecule has 11 heavy (non-hydrogen) atoms. The van der Waals surface area contributed by atoms with Crippen LogP contribution in [0.3, 0.4) is 0 Å². The molecule has 0 radical (unpaired) electrons. The summed E-state index contributed by atoms with van der Waals surface area (Å²) in [6.07, 6.45) is 2.65. The number of amides is 1. The minimum absolute atomic E-state index is 0.587. The Labute approximate surface area is 65.0 Å². The lowest BCUT2D eigenvalue weighted by molar-refractivity contribution is -0.105. The number of aromatic amines is 1. The van der Waals surface area contributed by atoms with Gasteiger partial charge < -0.3 is 5.32 Å². The Morgan fingerprint density at radius 3 is 3.27 bits per heavy atom. The molecule has 0 atom stereocenters. The van der Waals surface area contributed by atoms with Crippen LogP contribution in [-0.4, -0.2) is 16.6 Å². The molecular formula is C7H11N3O. The molecule has 4 nitrogen and oxygen atoms in total.